The number of hydrogen-bond donors (Lipinski definition) is 0. The summed E-state index contributed by atoms with van der Waals surface area (Å²) in [5.41, 5.74) is 0. The van der Waals surface area contributed by atoms with E-state index in [0.29, 0.717) is 0 Å². The lowest BCUT2D eigenvalue weighted by atomic mass is 10.1. The van der Waals surface area contributed by atoms with E-state index in [1.807, 2.05) is 12.5 Å². The molecule has 0 saturated carbocycles. The lowest BCUT2D eigenvalue weighted by molar-refractivity contribution is -0.756. The monoisotopic (exact) mass is 279 g/mol. The smallest absolute Gasteiger partial charge is 0.194 e. The molecule has 2 nitrogen and oxygen atoms in total. The van der Waals surface area contributed by atoms with Crippen LogP contribution in [0.5, 0.6) is 0 Å². The molecule has 0 N–H and O–H groups in total. The topological polar surface area (TPSA) is 12.4 Å². The van der Waals surface area contributed by atoms with Crippen LogP contribution in [0.1, 0.15) is 84.0 Å². The molecule has 1 heterocycles. The van der Waals surface area contributed by atoms with Gasteiger partial charge in [-0.2, -0.15) is 0 Å². The van der Waals surface area contributed by atoms with E-state index in [9.17, 15) is 0 Å². The first kappa shape index (κ1) is 17.4. The van der Waals surface area contributed by atoms with Crippen molar-refractivity contribution in [3.05, 3.63) is 12.4 Å². The molecule has 0 aromatic carbocycles. The molecule has 0 bridgehead atoms. The van der Waals surface area contributed by atoms with Gasteiger partial charge in [-0.3, -0.25) is 4.48 Å². The predicted molar refractivity (Wildman–Crippen MR) is 89.8 cm³/mol. The van der Waals surface area contributed by atoms with Gasteiger partial charge in [0.1, 0.15) is 6.20 Å². The Morgan fingerprint density at radius 2 is 1.25 bits per heavy atom. The van der Waals surface area contributed by atoms with Gasteiger partial charge < -0.3 is 0 Å². The molecule has 0 aliphatic carbocycles. The molecule has 2 heteroatoms. The number of aliphatic imine (C=N–C) groups is 1. The number of hydrogen-bond acceptors (Lipinski definition) is 1. The summed E-state index contributed by atoms with van der Waals surface area (Å²) in [6.07, 6.45) is 23.2. The Hall–Kier alpha value is -0.630. The second-order valence-corrected chi connectivity index (χ2v) is 6.52. The van der Waals surface area contributed by atoms with E-state index < -0.39 is 0 Å². The summed E-state index contributed by atoms with van der Waals surface area (Å²) in [6, 6.07) is 0. The zero-order chi connectivity index (χ0) is 14.5. The largest absolute Gasteiger partial charge is 0.256 e. The summed E-state index contributed by atoms with van der Waals surface area (Å²) in [6.45, 7) is 3.49. The Morgan fingerprint density at radius 1 is 0.750 bits per heavy atom. The van der Waals surface area contributed by atoms with Gasteiger partial charge >= 0.3 is 0 Å². The Morgan fingerprint density at radius 3 is 1.70 bits per heavy atom. The minimum Gasteiger partial charge on any atom is -0.256 e. The van der Waals surface area contributed by atoms with E-state index in [2.05, 4.69) is 25.2 Å². The number of unbranched alkanes of at least 4 members (excludes halogenated alkanes) is 11. The zero-order valence-electron chi connectivity index (χ0n) is 13.8. The highest BCUT2D eigenvalue weighted by molar-refractivity contribution is 5.50. The molecular formula is C18H35N2+. The summed E-state index contributed by atoms with van der Waals surface area (Å²) in [7, 11) is 2.23. The number of rotatable bonds is 13. The maximum Gasteiger partial charge on any atom is 0.194 e. The molecule has 1 atom stereocenters. The molecule has 116 valence electrons. The van der Waals surface area contributed by atoms with Crippen LogP contribution >= 0.6 is 0 Å². The van der Waals surface area contributed by atoms with Crippen LogP contribution in [0, 0.1) is 0 Å². The van der Waals surface area contributed by atoms with Gasteiger partial charge in [-0.15, -0.1) is 0 Å². The highest BCUT2D eigenvalue weighted by atomic mass is 15.3. The van der Waals surface area contributed by atoms with Gasteiger partial charge in [0.15, 0.2) is 6.34 Å². The third kappa shape index (κ3) is 8.52. The van der Waals surface area contributed by atoms with Crippen LogP contribution in [0.3, 0.4) is 0 Å². The van der Waals surface area contributed by atoms with E-state index in [-0.39, 0.29) is 0 Å². The third-order valence-corrected chi connectivity index (χ3v) is 4.32. The van der Waals surface area contributed by atoms with Gasteiger partial charge in [-0.1, -0.05) is 71.1 Å². The van der Waals surface area contributed by atoms with Crippen molar-refractivity contribution in [3.63, 3.8) is 0 Å². The lowest BCUT2D eigenvalue weighted by Gasteiger charge is -2.21. The SMILES string of the molecule is CCCCCCCCCCCCCC[N+]1(C)C=CN=C1. The van der Waals surface area contributed by atoms with Gasteiger partial charge in [0.25, 0.3) is 0 Å². The van der Waals surface area contributed by atoms with Gasteiger partial charge in [-0.05, 0) is 12.8 Å². The van der Waals surface area contributed by atoms with E-state index >= 15 is 0 Å². The van der Waals surface area contributed by atoms with Crippen LogP contribution in [0.25, 0.3) is 0 Å². The summed E-state index contributed by atoms with van der Waals surface area (Å²) in [5.74, 6) is 0. The Bertz CT molecular complexity index is 269. The summed E-state index contributed by atoms with van der Waals surface area (Å²) < 4.78 is 0.901. The maximum atomic E-state index is 4.18. The molecule has 0 radical (unpaired) electrons. The van der Waals surface area contributed by atoms with E-state index in [1.165, 1.54) is 83.6 Å². The zero-order valence-corrected chi connectivity index (χ0v) is 13.8. The minimum atomic E-state index is 0.901. The van der Waals surface area contributed by atoms with Crippen molar-refractivity contribution < 1.29 is 4.48 Å². The summed E-state index contributed by atoms with van der Waals surface area (Å²) in [4.78, 5) is 4.18. The van der Waals surface area contributed by atoms with Crippen LogP contribution in [0.2, 0.25) is 0 Å². The molecule has 0 spiro atoms. The summed E-state index contributed by atoms with van der Waals surface area (Å²) >= 11 is 0. The van der Waals surface area contributed by atoms with Gasteiger partial charge in [-0.25, -0.2) is 4.99 Å². The van der Waals surface area contributed by atoms with E-state index in [1.54, 1.807) is 0 Å². The first-order valence-corrected chi connectivity index (χ1v) is 8.84. The second-order valence-electron chi connectivity index (χ2n) is 6.52. The quantitative estimate of drug-likeness (QED) is 0.305. The molecule has 1 unspecified atom stereocenters. The first-order chi connectivity index (χ1) is 9.77. The molecule has 1 rings (SSSR count). The van der Waals surface area contributed by atoms with Crippen molar-refractivity contribution in [2.24, 2.45) is 4.99 Å². The van der Waals surface area contributed by atoms with Gasteiger partial charge in [0, 0.05) is 0 Å². The fourth-order valence-electron chi connectivity index (χ4n) is 2.85. The minimum absolute atomic E-state index is 0.901. The average Bonchev–Trinajstić information content (AvgIpc) is 2.87. The van der Waals surface area contributed by atoms with Crippen molar-refractivity contribution in [2.75, 3.05) is 13.6 Å². The molecule has 0 amide bonds. The molecule has 1 aliphatic rings. The fourth-order valence-corrected chi connectivity index (χ4v) is 2.85. The van der Waals surface area contributed by atoms with Crippen LogP contribution in [-0.2, 0) is 0 Å². The highest BCUT2D eigenvalue weighted by Gasteiger charge is 2.18. The first-order valence-electron chi connectivity index (χ1n) is 8.84. The number of nitrogens with zero attached hydrogens (tertiary/aromatic N) is 2. The molecule has 0 saturated heterocycles. The highest BCUT2D eigenvalue weighted by Crippen LogP contribution is 2.14. The van der Waals surface area contributed by atoms with Gasteiger partial charge in [0.05, 0.1) is 19.8 Å². The van der Waals surface area contributed by atoms with E-state index in [4.69, 9.17) is 0 Å². The van der Waals surface area contributed by atoms with Crippen LogP contribution in [0.4, 0.5) is 0 Å². The summed E-state index contributed by atoms with van der Waals surface area (Å²) in [5, 5.41) is 0. The lowest BCUT2D eigenvalue weighted by Crippen LogP contribution is -2.35. The van der Waals surface area contributed by atoms with Crippen LogP contribution in [-0.4, -0.2) is 24.4 Å². The Labute approximate surface area is 126 Å². The average molecular weight is 279 g/mol. The third-order valence-electron chi connectivity index (χ3n) is 4.32. The van der Waals surface area contributed by atoms with Crippen molar-refractivity contribution in [1.82, 2.24) is 0 Å². The Balaban J connectivity index is 1.77. The standard InChI is InChI=1S/C18H35N2/c1-3-4-5-6-7-8-9-10-11-12-13-14-16-20(2)17-15-19-18-20/h15,17-18H,3-14,16H2,1-2H3/q+1. The normalized spacial score (nSPS) is 20.9. The molecule has 0 aromatic rings. The van der Waals surface area contributed by atoms with Crippen molar-refractivity contribution >= 4 is 6.34 Å². The van der Waals surface area contributed by atoms with Crippen molar-refractivity contribution in [2.45, 2.75) is 84.0 Å². The van der Waals surface area contributed by atoms with Crippen molar-refractivity contribution in [1.29, 1.82) is 0 Å². The maximum absolute atomic E-state index is 4.18. The second kappa shape index (κ2) is 11.1. The van der Waals surface area contributed by atoms with E-state index in [0.717, 1.165) is 4.48 Å². The van der Waals surface area contributed by atoms with Crippen LogP contribution < -0.4 is 0 Å². The molecular weight excluding hydrogens is 244 g/mol. The molecule has 0 fully saturated rings. The molecule has 20 heavy (non-hydrogen) atoms. The fraction of sp³-hybridized carbons (Fsp3) is 0.833. The van der Waals surface area contributed by atoms with Crippen molar-refractivity contribution in [3.8, 4) is 0 Å². The predicted octanol–water partition coefficient (Wildman–Crippen LogP) is 5.65. The number of quaternary nitrogens is 1. The van der Waals surface area contributed by atoms with Crippen LogP contribution in [0.15, 0.2) is 17.4 Å². The Kier molecular flexibility index (Phi) is 9.65. The molecule has 0 aromatic heterocycles. The molecule has 1 aliphatic heterocycles. The van der Waals surface area contributed by atoms with Gasteiger partial charge in [0.2, 0.25) is 0 Å².